The number of ether oxygens (including phenoxy) is 3. The van der Waals surface area contributed by atoms with E-state index in [1.54, 1.807) is 20.8 Å². The van der Waals surface area contributed by atoms with Gasteiger partial charge in [0, 0.05) is 19.0 Å². The first-order valence-corrected chi connectivity index (χ1v) is 13.4. The molecule has 7 nitrogen and oxygen atoms in total. The SMILES string of the molecule is CC1=C[C@]23C(=O)[C@@H](C=C4COC(C)(C)O[C@H]4[C@]2(O)[C@H]1Oc1nccc(C(C)(F)F)n1)C1C(C[C@H]3C)C1(C)C. The van der Waals surface area contributed by atoms with E-state index in [0.29, 0.717) is 17.1 Å². The lowest BCUT2D eigenvalue weighted by atomic mass is 9.59. The molecule has 9 heteroatoms. The fourth-order valence-corrected chi connectivity index (χ4v) is 8.05. The van der Waals surface area contributed by atoms with Gasteiger partial charge in [0.25, 0.3) is 5.92 Å². The van der Waals surface area contributed by atoms with Crippen molar-refractivity contribution in [3.63, 3.8) is 0 Å². The first-order chi connectivity index (χ1) is 17.5. The van der Waals surface area contributed by atoms with Crippen molar-refractivity contribution in [2.24, 2.45) is 34.5 Å². The van der Waals surface area contributed by atoms with Crippen molar-refractivity contribution >= 4 is 5.78 Å². The van der Waals surface area contributed by atoms with Crippen LogP contribution in [0.2, 0.25) is 0 Å². The summed E-state index contributed by atoms with van der Waals surface area (Å²) in [5.41, 5.74) is -2.34. The molecule has 2 saturated carbocycles. The highest BCUT2D eigenvalue weighted by Gasteiger charge is 2.77. The number of alkyl halides is 2. The second-order valence-corrected chi connectivity index (χ2v) is 13.1. The zero-order valence-electron chi connectivity index (χ0n) is 22.9. The smallest absolute Gasteiger partial charge is 0.317 e. The summed E-state index contributed by atoms with van der Waals surface area (Å²) >= 11 is 0. The number of hydrogen-bond acceptors (Lipinski definition) is 7. The quantitative estimate of drug-likeness (QED) is 0.571. The molecule has 0 aromatic carbocycles. The van der Waals surface area contributed by atoms with Crippen LogP contribution in [0, 0.1) is 34.5 Å². The average molecular weight is 531 g/mol. The molecule has 0 radical (unpaired) electrons. The number of carbonyl (C=O) groups is 1. The molecular weight excluding hydrogens is 494 g/mol. The molecule has 2 heterocycles. The van der Waals surface area contributed by atoms with Gasteiger partial charge in [-0.25, -0.2) is 4.98 Å². The zero-order valence-corrected chi connectivity index (χ0v) is 22.9. The molecule has 38 heavy (non-hydrogen) atoms. The van der Waals surface area contributed by atoms with Gasteiger partial charge >= 0.3 is 6.01 Å². The van der Waals surface area contributed by atoms with Gasteiger partial charge in [-0.1, -0.05) is 32.9 Å². The third-order valence-electron chi connectivity index (χ3n) is 9.98. The molecule has 1 spiro atoms. The molecule has 4 aliphatic carbocycles. The maximum atomic E-state index is 14.7. The second kappa shape index (κ2) is 7.70. The monoisotopic (exact) mass is 530 g/mol. The van der Waals surface area contributed by atoms with Crippen LogP contribution in [0.3, 0.4) is 0 Å². The van der Waals surface area contributed by atoms with E-state index in [1.165, 1.54) is 6.20 Å². The van der Waals surface area contributed by atoms with Crippen LogP contribution in [0.4, 0.5) is 8.78 Å². The molecule has 2 unspecified atom stereocenters. The number of hydrogen-bond donors (Lipinski definition) is 1. The fourth-order valence-electron chi connectivity index (χ4n) is 8.05. The molecule has 8 atom stereocenters. The minimum Gasteiger partial charge on any atom is -0.452 e. The van der Waals surface area contributed by atoms with Gasteiger partial charge in [-0.3, -0.25) is 4.79 Å². The number of allylic oxidation sites excluding steroid dienone is 1. The van der Waals surface area contributed by atoms with E-state index in [4.69, 9.17) is 14.2 Å². The zero-order chi connectivity index (χ0) is 27.6. The molecule has 1 aromatic heterocycles. The number of halogens is 2. The highest BCUT2D eigenvalue weighted by atomic mass is 19.3. The number of fused-ring (bicyclic) bond motifs is 5. The predicted molar refractivity (Wildman–Crippen MR) is 133 cm³/mol. The summed E-state index contributed by atoms with van der Waals surface area (Å²) in [5.74, 6) is -4.40. The van der Waals surface area contributed by atoms with Gasteiger partial charge in [0.1, 0.15) is 11.8 Å². The third kappa shape index (κ3) is 3.30. The minimum absolute atomic E-state index is 0.00773. The van der Waals surface area contributed by atoms with Crippen LogP contribution >= 0.6 is 0 Å². The summed E-state index contributed by atoms with van der Waals surface area (Å²) in [7, 11) is 0. The Morgan fingerprint density at radius 1 is 1.24 bits per heavy atom. The molecule has 1 saturated heterocycles. The normalized spacial score (nSPS) is 42.5. The van der Waals surface area contributed by atoms with E-state index in [1.807, 2.05) is 19.1 Å². The fraction of sp³-hybridized carbons (Fsp3) is 0.690. The molecule has 5 aliphatic rings. The van der Waals surface area contributed by atoms with Gasteiger partial charge in [0.05, 0.1) is 12.0 Å². The summed E-state index contributed by atoms with van der Waals surface area (Å²) in [6, 6.07) is 0.842. The van der Waals surface area contributed by atoms with Crippen LogP contribution in [-0.4, -0.2) is 51.1 Å². The van der Waals surface area contributed by atoms with Crippen LogP contribution < -0.4 is 4.74 Å². The lowest BCUT2D eigenvalue weighted by Gasteiger charge is -2.52. The van der Waals surface area contributed by atoms with Crippen molar-refractivity contribution in [2.75, 3.05) is 6.61 Å². The Kier molecular flexibility index (Phi) is 5.27. The van der Waals surface area contributed by atoms with Crippen molar-refractivity contribution in [3.8, 4) is 6.01 Å². The summed E-state index contributed by atoms with van der Waals surface area (Å²) < 4.78 is 46.7. The Balaban J connectivity index is 1.52. The maximum Gasteiger partial charge on any atom is 0.317 e. The molecule has 6 rings (SSSR count). The number of aromatic nitrogens is 2. The molecular formula is C29H36F2N2O5. The van der Waals surface area contributed by atoms with Crippen molar-refractivity contribution in [1.29, 1.82) is 0 Å². The van der Waals surface area contributed by atoms with Crippen LogP contribution in [0.5, 0.6) is 6.01 Å². The lowest BCUT2D eigenvalue weighted by Crippen LogP contribution is -2.68. The van der Waals surface area contributed by atoms with Crippen molar-refractivity contribution in [3.05, 3.63) is 41.3 Å². The summed E-state index contributed by atoms with van der Waals surface area (Å²) in [5, 5.41) is 13.0. The molecule has 1 aliphatic heterocycles. The topological polar surface area (TPSA) is 90.8 Å². The predicted octanol–water partition coefficient (Wildman–Crippen LogP) is 4.60. The Hall–Kier alpha value is -2.23. The van der Waals surface area contributed by atoms with E-state index in [9.17, 15) is 18.7 Å². The van der Waals surface area contributed by atoms with E-state index < -0.39 is 46.5 Å². The number of carbonyl (C=O) groups excluding carboxylic acids is 1. The largest absolute Gasteiger partial charge is 0.452 e. The first kappa shape index (κ1) is 26.0. The average Bonchev–Trinajstić information content (AvgIpc) is 3.31. The van der Waals surface area contributed by atoms with Gasteiger partial charge in [-0.15, -0.1) is 0 Å². The van der Waals surface area contributed by atoms with Gasteiger partial charge in [-0.05, 0) is 67.6 Å². The first-order valence-electron chi connectivity index (χ1n) is 13.4. The van der Waals surface area contributed by atoms with Crippen LogP contribution in [0.15, 0.2) is 35.6 Å². The van der Waals surface area contributed by atoms with Crippen molar-refractivity contribution in [1.82, 2.24) is 9.97 Å². The van der Waals surface area contributed by atoms with Crippen LogP contribution in [0.1, 0.15) is 60.6 Å². The van der Waals surface area contributed by atoms with Gasteiger partial charge in [-0.2, -0.15) is 13.8 Å². The number of Topliss-reactive ketones (excluding diaryl/α,β-unsaturated/α-hetero) is 1. The molecule has 206 valence electrons. The minimum atomic E-state index is -3.20. The number of rotatable bonds is 3. The molecule has 3 fully saturated rings. The van der Waals surface area contributed by atoms with E-state index in [2.05, 4.69) is 23.8 Å². The highest BCUT2D eigenvalue weighted by molar-refractivity contribution is 5.95. The van der Waals surface area contributed by atoms with Crippen molar-refractivity contribution < 1.29 is 32.9 Å². The summed E-state index contributed by atoms with van der Waals surface area (Å²) in [4.78, 5) is 22.7. The van der Waals surface area contributed by atoms with Crippen molar-refractivity contribution in [2.45, 2.75) is 84.4 Å². The van der Waals surface area contributed by atoms with E-state index in [-0.39, 0.29) is 35.7 Å². The molecule has 1 aromatic rings. The highest BCUT2D eigenvalue weighted by Crippen LogP contribution is 2.72. The van der Waals surface area contributed by atoms with E-state index >= 15 is 0 Å². The Morgan fingerprint density at radius 2 is 1.95 bits per heavy atom. The Labute approximate surface area is 221 Å². The maximum absolute atomic E-state index is 14.7. The Morgan fingerprint density at radius 3 is 2.63 bits per heavy atom. The summed E-state index contributed by atoms with van der Waals surface area (Å²) in [6.07, 6.45) is 3.78. The lowest BCUT2D eigenvalue weighted by molar-refractivity contribution is -0.301. The molecule has 2 bridgehead atoms. The third-order valence-corrected chi connectivity index (χ3v) is 9.98. The van der Waals surface area contributed by atoms with Gasteiger partial charge < -0.3 is 19.3 Å². The standard InChI is InChI=1S/C29H36F2N2O5/c1-14-12-28-15(2)10-18-20(25(18,3)4)17(21(28)34)11-16-13-36-26(5,6)38-23(16)29(28,35)22(14)37-24-32-9-8-19(33-24)27(7,30)31/h8-9,11-12,15,17-18,20,22-23,35H,10,13H2,1-7H3/t15-,17+,18?,20?,22+,23-,28+,29-/m1/s1. The molecule has 0 amide bonds. The number of nitrogens with zero attached hydrogens (tertiary/aromatic N) is 2. The van der Waals surface area contributed by atoms with Gasteiger partial charge in [0.15, 0.2) is 23.3 Å². The second-order valence-electron chi connectivity index (χ2n) is 13.1. The van der Waals surface area contributed by atoms with Crippen LogP contribution in [-0.2, 0) is 20.2 Å². The Bertz CT molecular complexity index is 1270. The number of ketones is 1. The molecule has 1 N–H and O–H groups in total. The summed E-state index contributed by atoms with van der Waals surface area (Å²) in [6.45, 7) is 12.7. The number of aliphatic hydroxyl groups is 1. The van der Waals surface area contributed by atoms with Gasteiger partial charge in [0.2, 0.25) is 0 Å². The van der Waals surface area contributed by atoms with Crippen LogP contribution in [0.25, 0.3) is 0 Å². The van der Waals surface area contributed by atoms with E-state index in [0.717, 1.165) is 19.4 Å².